The van der Waals surface area contributed by atoms with Gasteiger partial charge in [-0.15, -0.1) is 12.2 Å². The zero-order chi connectivity index (χ0) is 8.20. The van der Waals surface area contributed by atoms with Crippen LogP contribution in [0.3, 0.4) is 0 Å². The first-order chi connectivity index (χ1) is 4.52. The SMILES string of the molecule is CCC(C)OP(=S)(S)CC. The number of rotatable bonds is 4. The van der Waals surface area contributed by atoms with Crippen molar-refractivity contribution in [3.05, 3.63) is 0 Å². The third-order valence-corrected chi connectivity index (χ3v) is 4.97. The van der Waals surface area contributed by atoms with E-state index in [1.54, 1.807) is 0 Å². The third-order valence-electron chi connectivity index (χ3n) is 1.32. The van der Waals surface area contributed by atoms with Gasteiger partial charge in [-0.1, -0.05) is 25.7 Å². The molecule has 4 heteroatoms. The van der Waals surface area contributed by atoms with Crippen molar-refractivity contribution in [1.82, 2.24) is 0 Å². The fraction of sp³-hybridized carbons (Fsp3) is 1.00. The van der Waals surface area contributed by atoms with Crippen LogP contribution in [-0.4, -0.2) is 12.3 Å². The van der Waals surface area contributed by atoms with Crippen molar-refractivity contribution in [3.63, 3.8) is 0 Å². The molecule has 0 aliphatic rings. The maximum absolute atomic E-state index is 5.53. The Morgan fingerprint density at radius 3 is 2.40 bits per heavy atom. The fourth-order valence-corrected chi connectivity index (χ4v) is 2.21. The molecule has 10 heavy (non-hydrogen) atoms. The average molecular weight is 198 g/mol. The predicted molar refractivity (Wildman–Crippen MR) is 54.7 cm³/mol. The van der Waals surface area contributed by atoms with Crippen molar-refractivity contribution in [3.8, 4) is 0 Å². The quantitative estimate of drug-likeness (QED) is 0.549. The maximum atomic E-state index is 5.53. The summed E-state index contributed by atoms with van der Waals surface area (Å²) < 4.78 is 5.53. The zero-order valence-corrected chi connectivity index (χ0v) is 9.31. The molecular formula is C6H15OPS2. The minimum absolute atomic E-state index is 0.267. The Labute approximate surface area is 73.8 Å². The van der Waals surface area contributed by atoms with Crippen LogP contribution >= 0.6 is 17.7 Å². The minimum atomic E-state index is -1.72. The van der Waals surface area contributed by atoms with Crippen LogP contribution in [0.4, 0.5) is 0 Å². The van der Waals surface area contributed by atoms with Crippen LogP contribution in [-0.2, 0) is 16.3 Å². The Morgan fingerprint density at radius 2 is 2.10 bits per heavy atom. The van der Waals surface area contributed by atoms with Gasteiger partial charge in [0.05, 0.1) is 6.10 Å². The molecule has 2 atom stereocenters. The van der Waals surface area contributed by atoms with Gasteiger partial charge in [0.2, 0.25) is 0 Å². The highest BCUT2D eigenvalue weighted by molar-refractivity contribution is 8.61. The van der Waals surface area contributed by atoms with Crippen LogP contribution in [0.15, 0.2) is 0 Å². The van der Waals surface area contributed by atoms with Crippen molar-refractivity contribution in [2.24, 2.45) is 0 Å². The van der Waals surface area contributed by atoms with Gasteiger partial charge < -0.3 is 4.52 Å². The first kappa shape index (κ1) is 11.0. The van der Waals surface area contributed by atoms with Gasteiger partial charge in [0, 0.05) is 6.16 Å². The zero-order valence-electron chi connectivity index (χ0n) is 6.70. The van der Waals surface area contributed by atoms with Crippen LogP contribution in [0.1, 0.15) is 27.2 Å². The second-order valence-electron chi connectivity index (χ2n) is 2.28. The van der Waals surface area contributed by atoms with Gasteiger partial charge >= 0.3 is 0 Å². The summed E-state index contributed by atoms with van der Waals surface area (Å²) in [5.41, 5.74) is -1.72. The Bertz CT molecular complexity index is 138. The highest BCUT2D eigenvalue weighted by atomic mass is 32.9. The second kappa shape index (κ2) is 4.76. The standard InChI is InChI=1S/C6H15OPS2/c1-4-6(3)7-8(9,10)5-2/h6H,4-5H2,1-3H3,(H,9,10). The van der Waals surface area contributed by atoms with E-state index in [2.05, 4.69) is 19.2 Å². The summed E-state index contributed by atoms with van der Waals surface area (Å²) in [5, 5.41) is 0. The molecule has 0 aliphatic carbocycles. The van der Waals surface area contributed by atoms with Gasteiger partial charge in [-0.2, -0.15) is 0 Å². The number of hydrogen-bond acceptors (Lipinski definition) is 2. The van der Waals surface area contributed by atoms with Crippen molar-refractivity contribution in [2.75, 3.05) is 6.16 Å². The molecule has 0 aromatic heterocycles. The van der Waals surface area contributed by atoms with Gasteiger partial charge in [0.1, 0.15) is 5.47 Å². The molecule has 62 valence electrons. The molecule has 0 heterocycles. The summed E-state index contributed by atoms with van der Waals surface area (Å²) in [6.45, 7) is 6.15. The van der Waals surface area contributed by atoms with Crippen LogP contribution in [0, 0.1) is 0 Å². The molecule has 0 saturated heterocycles. The first-order valence-corrected chi connectivity index (χ1v) is 7.58. The van der Waals surface area contributed by atoms with E-state index in [1.165, 1.54) is 0 Å². The van der Waals surface area contributed by atoms with Crippen LogP contribution in [0.25, 0.3) is 0 Å². The van der Waals surface area contributed by atoms with E-state index in [9.17, 15) is 0 Å². The normalized spacial score (nSPS) is 20.0. The van der Waals surface area contributed by atoms with E-state index in [-0.39, 0.29) is 6.10 Å². The molecular weight excluding hydrogens is 183 g/mol. The van der Waals surface area contributed by atoms with Crippen LogP contribution in [0.5, 0.6) is 0 Å². The molecule has 0 spiro atoms. The van der Waals surface area contributed by atoms with Gasteiger partial charge in [0.25, 0.3) is 0 Å². The molecule has 2 unspecified atom stereocenters. The van der Waals surface area contributed by atoms with Crippen LogP contribution < -0.4 is 0 Å². The highest BCUT2D eigenvalue weighted by Gasteiger charge is 2.11. The molecule has 0 aromatic rings. The monoisotopic (exact) mass is 198 g/mol. The van der Waals surface area contributed by atoms with Crippen molar-refractivity contribution < 1.29 is 4.52 Å². The Hall–Kier alpha value is 0.960. The van der Waals surface area contributed by atoms with E-state index in [1.807, 2.05) is 13.8 Å². The largest absolute Gasteiger partial charge is 0.339 e. The van der Waals surface area contributed by atoms with Crippen LogP contribution in [0.2, 0.25) is 0 Å². The van der Waals surface area contributed by atoms with Crippen molar-refractivity contribution in [1.29, 1.82) is 0 Å². The molecule has 0 aliphatic heterocycles. The Morgan fingerprint density at radius 1 is 1.60 bits per heavy atom. The topological polar surface area (TPSA) is 9.23 Å². The highest BCUT2D eigenvalue weighted by Crippen LogP contribution is 2.52. The summed E-state index contributed by atoms with van der Waals surface area (Å²) in [5.74, 6) is 0. The maximum Gasteiger partial charge on any atom is 0.116 e. The van der Waals surface area contributed by atoms with Gasteiger partial charge in [-0.25, -0.2) is 0 Å². The first-order valence-electron chi connectivity index (χ1n) is 3.52. The lowest BCUT2D eigenvalue weighted by Gasteiger charge is -2.18. The van der Waals surface area contributed by atoms with Gasteiger partial charge in [-0.3, -0.25) is 0 Å². The summed E-state index contributed by atoms with van der Waals surface area (Å²) in [6, 6.07) is 0. The van der Waals surface area contributed by atoms with Crippen molar-refractivity contribution in [2.45, 2.75) is 33.3 Å². The van der Waals surface area contributed by atoms with Crippen molar-refractivity contribution >= 4 is 29.5 Å². The smallest absolute Gasteiger partial charge is 0.116 e. The molecule has 1 nitrogen and oxygen atoms in total. The van der Waals surface area contributed by atoms with E-state index in [0.29, 0.717) is 0 Å². The van der Waals surface area contributed by atoms with E-state index in [0.717, 1.165) is 12.6 Å². The summed E-state index contributed by atoms with van der Waals surface area (Å²) in [7, 11) is 0. The molecule has 0 rings (SSSR count). The third kappa shape index (κ3) is 4.73. The average Bonchev–Trinajstić information content (AvgIpc) is 1.87. The molecule has 0 fully saturated rings. The van der Waals surface area contributed by atoms with Gasteiger partial charge in [-0.05, 0) is 13.3 Å². The Balaban J connectivity index is 3.77. The van der Waals surface area contributed by atoms with E-state index < -0.39 is 5.47 Å². The molecule has 0 bridgehead atoms. The molecule has 0 aromatic carbocycles. The number of thiol groups is 1. The second-order valence-corrected chi connectivity index (χ2v) is 8.92. The lowest BCUT2D eigenvalue weighted by Crippen LogP contribution is -2.02. The lowest BCUT2D eigenvalue weighted by atomic mass is 10.3. The Kier molecular flexibility index (Phi) is 5.22. The number of hydrogen-bond donors (Lipinski definition) is 1. The molecule has 0 saturated carbocycles. The molecule has 0 amide bonds. The summed E-state index contributed by atoms with van der Waals surface area (Å²) >= 11 is 9.42. The lowest BCUT2D eigenvalue weighted by molar-refractivity contribution is 0.247. The summed E-state index contributed by atoms with van der Waals surface area (Å²) in [4.78, 5) is 0. The minimum Gasteiger partial charge on any atom is -0.339 e. The fourth-order valence-electron chi connectivity index (χ4n) is 0.430. The summed E-state index contributed by atoms with van der Waals surface area (Å²) in [6.07, 6.45) is 2.15. The predicted octanol–water partition coefficient (Wildman–Crippen LogP) is 3.06. The van der Waals surface area contributed by atoms with Gasteiger partial charge in [0.15, 0.2) is 0 Å². The molecule has 0 N–H and O–H groups in total. The van der Waals surface area contributed by atoms with E-state index in [4.69, 9.17) is 16.3 Å². The van der Waals surface area contributed by atoms with E-state index >= 15 is 0 Å². The molecule has 0 radical (unpaired) electrons.